The van der Waals surface area contributed by atoms with Crippen molar-refractivity contribution < 1.29 is 20.4 Å². The van der Waals surface area contributed by atoms with E-state index in [-0.39, 0.29) is 28.4 Å². The summed E-state index contributed by atoms with van der Waals surface area (Å²) in [5.41, 5.74) is 2.83. The lowest BCUT2D eigenvalue weighted by Gasteiger charge is -2.39. The number of hydrogen-bond acceptors (Lipinski definition) is 4. The maximum Gasteiger partial charge on any atom is 0.160 e. The van der Waals surface area contributed by atoms with E-state index in [2.05, 4.69) is 0 Å². The minimum atomic E-state index is -0.329. The van der Waals surface area contributed by atoms with Gasteiger partial charge in [0.25, 0.3) is 0 Å². The molecule has 0 aromatic heterocycles. The first-order chi connectivity index (χ1) is 11.3. The normalized spacial score (nSPS) is 16.9. The third kappa shape index (κ3) is 2.56. The molecule has 0 heterocycles. The lowest BCUT2D eigenvalue weighted by molar-refractivity contribution is 0.338. The predicted molar refractivity (Wildman–Crippen MR) is 92.9 cm³/mol. The Hall–Kier alpha value is -2.36. The highest BCUT2D eigenvalue weighted by Gasteiger charge is 2.37. The summed E-state index contributed by atoms with van der Waals surface area (Å²) in [7, 11) is 0. The summed E-state index contributed by atoms with van der Waals surface area (Å²) in [5.74, 6) is -0.409. The zero-order valence-corrected chi connectivity index (χ0v) is 14.1. The van der Waals surface area contributed by atoms with E-state index in [9.17, 15) is 20.4 Å². The number of hydrogen-bond donors (Lipinski definition) is 4. The molecule has 0 radical (unpaired) electrons. The Balaban J connectivity index is 2.23. The van der Waals surface area contributed by atoms with E-state index in [0.717, 1.165) is 43.2 Å². The molecule has 3 rings (SSSR count). The lowest BCUT2D eigenvalue weighted by Crippen LogP contribution is -2.30. The van der Waals surface area contributed by atoms with Crippen LogP contribution < -0.4 is 0 Å². The number of phenols is 4. The Bertz CT molecular complexity index is 668. The van der Waals surface area contributed by atoms with Crippen LogP contribution in [0.25, 0.3) is 0 Å². The third-order valence-corrected chi connectivity index (χ3v) is 5.37. The molecule has 128 valence electrons. The molecule has 24 heavy (non-hydrogen) atoms. The highest BCUT2D eigenvalue weighted by atomic mass is 16.3. The molecule has 2 aromatic carbocycles. The van der Waals surface area contributed by atoms with Crippen LogP contribution in [-0.2, 0) is 5.41 Å². The Morgan fingerprint density at radius 3 is 1.46 bits per heavy atom. The Labute approximate surface area is 142 Å². The molecule has 0 atom stereocenters. The number of rotatable bonds is 2. The topological polar surface area (TPSA) is 80.9 Å². The first-order valence-electron chi connectivity index (χ1n) is 8.41. The summed E-state index contributed by atoms with van der Waals surface area (Å²) < 4.78 is 0. The summed E-state index contributed by atoms with van der Waals surface area (Å²) in [5, 5.41) is 39.9. The van der Waals surface area contributed by atoms with Gasteiger partial charge in [-0.05, 0) is 61.1 Å². The second kappa shape index (κ2) is 5.93. The van der Waals surface area contributed by atoms with Crippen molar-refractivity contribution in [2.24, 2.45) is 0 Å². The Morgan fingerprint density at radius 1 is 0.667 bits per heavy atom. The zero-order valence-electron chi connectivity index (χ0n) is 14.1. The van der Waals surface area contributed by atoms with Gasteiger partial charge in [0.1, 0.15) is 0 Å². The molecule has 4 N–H and O–H groups in total. The second-order valence-corrected chi connectivity index (χ2v) is 6.96. The number of aryl methyl sites for hydroxylation is 2. The van der Waals surface area contributed by atoms with E-state index in [0.29, 0.717) is 11.1 Å². The quantitative estimate of drug-likeness (QED) is 0.617. The monoisotopic (exact) mass is 328 g/mol. The zero-order chi connectivity index (χ0) is 17.5. The SMILES string of the molecule is Cc1cc(C2(c3cc(C)c(O)c(O)c3)CCCCC2)cc(O)c1O. The van der Waals surface area contributed by atoms with Gasteiger partial charge in [-0.25, -0.2) is 0 Å². The molecule has 0 spiro atoms. The maximum atomic E-state index is 10.1. The van der Waals surface area contributed by atoms with E-state index < -0.39 is 0 Å². The van der Waals surface area contributed by atoms with Gasteiger partial charge >= 0.3 is 0 Å². The first-order valence-corrected chi connectivity index (χ1v) is 8.41. The van der Waals surface area contributed by atoms with E-state index in [1.807, 2.05) is 12.1 Å². The summed E-state index contributed by atoms with van der Waals surface area (Å²) in [6, 6.07) is 7.10. The van der Waals surface area contributed by atoms with Crippen LogP contribution in [0.1, 0.15) is 54.4 Å². The molecule has 4 heteroatoms. The van der Waals surface area contributed by atoms with Gasteiger partial charge in [-0.1, -0.05) is 31.4 Å². The van der Waals surface area contributed by atoms with Crippen molar-refractivity contribution in [3.8, 4) is 23.0 Å². The van der Waals surface area contributed by atoms with Crippen LogP contribution in [0.4, 0.5) is 0 Å². The van der Waals surface area contributed by atoms with Crippen molar-refractivity contribution in [1.29, 1.82) is 0 Å². The van der Waals surface area contributed by atoms with Crippen molar-refractivity contribution in [3.05, 3.63) is 46.5 Å². The fourth-order valence-electron chi connectivity index (χ4n) is 3.97. The number of aromatic hydroxyl groups is 4. The van der Waals surface area contributed by atoms with Crippen LogP contribution in [-0.4, -0.2) is 20.4 Å². The molecular formula is C20H24O4. The second-order valence-electron chi connectivity index (χ2n) is 6.96. The van der Waals surface area contributed by atoms with E-state index >= 15 is 0 Å². The van der Waals surface area contributed by atoms with Crippen molar-refractivity contribution >= 4 is 0 Å². The van der Waals surface area contributed by atoms with Gasteiger partial charge in [-0.2, -0.15) is 0 Å². The fourth-order valence-corrected chi connectivity index (χ4v) is 3.97. The van der Waals surface area contributed by atoms with Crippen LogP contribution in [0.3, 0.4) is 0 Å². The van der Waals surface area contributed by atoms with Crippen molar-refractivity contribution in [1.82, 2.24) is 0 Å². The molecule has 4 nitrogen and oxygen atoms in total. The van der Waals surface area contributed by atoms with Gasteiger partial charge in [0.2, 0.25) is 0 Å². The lowest BCUT2D eigenvalue weighted by atomic mass is 9.65. The summed E-state index contributed by atoms with van der Waals surface area (Å²) in [6.07, 6.45) is 5.08. The van der Waals surface area contributed by atoms with Crippen LogP contribution in [0.15, 0.2) is 24.3 Å². The largest absolute Gasteiger partial charge is 0.504 e. The van der Waals surface area contributed by atoms with Gasteiger partial charge < -0.3 is 20.4 Å². The van der Waals surface area contributed by atoms with Crippen LogP contribution >= 0.6 is 0 Å². The molecule has 0 aliphatic heterocycles. The average molecular weight is 328 g/mol. The van der Waals surface area contributed by atoms with E-state index in [1.54, 1.807) is 26.0 Å². The molecule has 1 aliphatic rings. The molecule has 1 saturated carbocycles. The van der Waals surface area contributed by atoms with Crippen molar-refractivity contribution in [2.45, 2.75) is 51.4 Å². The fraction of sp³-hybridized carbons (Fsp3) is 0.400. The molecule has 2 aromatic rings. The Kier molecular flexibility index (Phi) is 4.08. The minimum Gasteiger partial charge on any atom is -0.504 e. The summed E-state index contributed by atoms with van der Waals surface area (Å²) >= 11 is 0. The van der Waals surface area contributed by atoms with Crippen molar-refractivity contribution in [3.63, 3.8) is 0 Å². The van der Waals surface area contributed by atoms with Gasteiger partial charge in [0.05, 0.1) is 0 Å². The summed E-state index contributed by atoms with van der Waals surface area (Å²) in [6.45, 7) is 3.54. The standard InChI is InChI=1S/C20H24O4/c1-12-8-14(10-16(21)18(12)23)20(6-4-3-5-7-20)15-9-13(2)19(24)17(22)11-15/h8-11,21-24H,3-7H2,1-2H3. The molecule has 0 bridgehead atoms. The molecule has 1 aliphatic carbocycles. The molecular weight excluding hydrogens is 304 g/mol. The smallest absolute Gasteiger partial charge is 0.160 e. The predicted octanol–water partition coefficient (Wildman–Crippen LogP) is 4.38. The molecule has 1 fully saturated rings. The highest BCUT2D eigenvalue weighted by molar-refractivity contribution is 5.55. The van der Waals surface area contributed by atoms with E-state index in [1.165, 1.54) is 0 Å². The Morgan fingerprint density at radius 2 is 1.08 bits per heavy atom. The maximum absolute atomic E-state index is 10.1. The molecule has 0 saturated heterocycles. The first kappa shape index (κ1) is 16.5. The highest BCUT2D eigenvalue weighted by Crippen LogP contribution is 2.49. The van der Waals surface area contributed by atoms with Crippen LogP contribution in [0, 0.1) is 13.8 Å². The average Bonchev–Trinajstić information content (AvgIpc) is 2.57. The summed E-state index contributed by atoms with van der Waals surface area (Å²) in [4.78, 5) is 0. The minimum absolute atomic E-state index is 0.0885. The van der Waals surface area contributed by atoms with Crippen molar-refractivity contribution in [2.75, 3.05) is 0 Å². The number of phenolic OH excluding ortho intramolecular Hbond substituents is 4. The van der Waals surface area contributed by atoms with E-state index in [4.69, 9.17) is 0 Å². The van der Waals surface area contributed by atoms with Crippen LogP contribution in [0.2, 0.25) is 0 Å². The third-order valence-electron chi connectivity index (χ3n) is 5.37. The molecule has 0 amide bonds. The van der Waals surface area contributed by atoms with Gasteiger partial charge in [-0.15, -0.1) is 0 Å². The van der Waals surface area contributed by atoms with Gasteiger partial charge in [-0.3, -0.25) is 0 Å². The van der Waals surface area contributed by atoms with Gasteiger partial charge in [0.15, 0.2) is 23.0 Å². The van der Waals surface area contributed by atoms with Crippen LogP contribution in [0.5, 0.6) is 23.0 Å². The van der Waals surface area contributed by atoms with Gasteiger partial charge in [0, 0.05) is 5.41 Å². The number of benzene rings is 2. The molecule has 0 unspecified atom stereocenters.